The first kappa shape index (κ1) is 16.2. The third kappa shape index (κ3) is 2.66. The number of nitrogens with zero attached hydrogens (tertiary/aromatic N) is 1. The zero-order valence-corrected chi connectivity index (χ0v) is 16.9. The minimum Gasteiger partial charge on any atom is -0.301 e. The molecule has 25 heavy (non-hydrogen) atoms. The smallest absolute Gasteiger partial charge is 0.232 e. The number of fused-ring (bicyclic) bond motifs is 1. The summed E-state index contributed by atoms with van der Waals surface area (Å²) in [6.07, 6.45) is 7.96. The van der Waals surface area contributed by atoms with Crippen LogP contribution >= 0.6 is 27.3 Å². The molecule has 1 aromatic carbocycles. The summed E-state index contributed by atoms with van der Waals surface area (Å²) in [6.45, 7) is 2.16. The minimum absolute atomic E-state index is 0.181. The second-order valence-corrected chi connectivity index (χ2v) is 11.2. The van der Waals surface area contributed by atoms with E-state index in [0.29, 0.717) is 11.8 Å². The third-order valence-electron chi connectivity index (χ3n) is 6.55. The van der Waals surface area contributed by atoms with E-state index in [4.69, 9.17) is 0 Å². The van der Waals surface area contributed by atoms with Gasteiger partial charge < -0.3 is 5.32 Å². The summed E-state index contributed by atoms with van der Waals surface area (Å²) in [5.41, 5.74) is 2.12. The second-order valence-electron chi connectivity index (χ2n) is 8.52. The van der Waals surface area contributed by atoms with Gasteiger partial charge in [0.1, 0.15) is 0 Å². The number of aromatic nitrogens is 1. The van der Waals surface area contributed by atoms with Crippen molar-refractivity contribution >= 4 is 48.5 Å². The SMILES string of the molecule is CCc1ccc2nc(NC(=O)C34C[C@@H]5C[C@H](CC(Br)(C5)C3)C4)sc2c1. The fourth-order valence-electron chi connectivity index (χ4n) is 5.89. The van der Waals surface area contributed by atoms with E-state index in [1.807, 2.05) is 0 Å². The fourth-order valence-corrected chi connectivity index (χ4v) is 8.27. The van der Waals surface area contributed by atoms with Crippen LogP contribution in [0.3, 0.4) is 0 Å². The van der Waals surface area contributed by atoms with Crippen LogP contribution in [0.4, 0.5) is 5.13 Å². The number of thiazole rings is 1. The van der Waals surface area contributed by atoms with Gasteiger partial charge in [-0.2, -0.15) is 0 Å². The van der Waals surface area contributed by atoms with Crippen LogP contribution in [0.25, 0.3) is 10.2 Å². The molecule has 2 aromatic rings. The van der Waals surface area contributed by atoms with Gasteiger partial charge in [0.2, 0.25) is 5.91 Å². The zero-order valence-electron chi connectivity index (χ0n) is 14.5. The second kappa shape index (κ2) is 5.53. The van der Waals surface area contributed by atoms with Crippen LogP contribution in [0, 0.1) is 17.3 Å². The van der Waals surface area contributed by atoms with Crippen molar-refractivity contribution in [2.24, 2.45) is 17.3 Å². The molecule has 0 aliphatic heterocycles. The molecule has 6 rings (SSSR count). The predicted octanol–water partition coefficient (Wildman–Crippen LogP) is 5.53. The lowest BCUT2D eigenvalue weighted by Gasteiger charge is -2.59. The highest BCUT2D eigenvalue weighted by Gasteiger charge is 2.59. The number of halogens is 1. The number of benzene rings is 1. The number of aryl methyl sites for hydroxylation is 1. The first-order valence-corrected chi connectivity index (χ1v) is 11.0. The maximum absolute atomic E-state index is 13.2. The number of carbonyl (C=O) groups excluding carboxylic acids is 1. The molecule has 4 fully saturated rings. The first-order valence-electron chi connectivity index (χ1n) is 9.37. The van der Waals surface area contributed by atoms with Crippen molar-refractivity contribution in [2.75, 3.05) is 5.32 Å². The highest BCUT2D eigenvalue weighted by Crippen LogP contribution is 2.64. The number of alkyl halides is 1. The molecule has 1 amide bonds. The summed E-state index contributed by atoms with van der Waals surface area (Å²) in [6, 6.07) is 6.39. The van der Waals surface area contributed by atoms with E-state index in [0.717, 1.165) is 41.0 Å². The molecule has 4 aliphatic rings. The fraction of sp³-hybridized carbons (Fsp3) is 0.600. The van der Waals surface area contributed by atoms with E-state index in [9.17, 15) is 4.79 Å². The topological polar surface area (TPSA) is 42.0 Å². The normalized spacial score (nSPS) is 36.1. The van der Waals surface area contributed by atoms with E-state index in [1.165, 1.54) is 24.8 Å². The molecule has 4 bridgehead atoms. The Hall–Kier alpha value is -0.940. The van der Waals surface area contributed by atoms with Gasteiger partial charge in [0.15, 0.2) is 5.13 Å². The van der Waals surface area contributed by atoms with Gasteiger partial charge in [-0.15, -0.1) is 0 Å². The highest BCUT2D eigenvalue weighted by atomic mass is 79.9. The Balaban J connectivity index is 1.42. The summed E-state index contributed by atoms with van der Waals surface area (Å²) in [4.78, 5) is 17.9. The largest absolute Gasteiger partial charge is 0.301 e. The van der Waals surface area contributed by atoms with E-state index in [2.05, 4.69) is 51.4 Å². The highest BCUT2D eigenvalue weighted by molar-refractivity contribution is 9.10. The van der Waals surface area contributed by atoms with Crippen LogP contribution in [-0.2, 0) is 11.2 Å². The van der Waals surface area contributed by atoms with E-state index < -0.39 is 0 Å². The summed E-state index contributed by atoms with van der Waals surface area (Å²) in [7, 11) is 0. The molecule has 2 atom stereocenters. The maximum atomic E-state index is 13.2. The summed E-state index contributed by atoms with van der Waals surface area (Å²) < 4.78 is 1.37. The molecule has 0 unspecified atom stereocenters. The Kier molecular flexibility index (Phi) is 3.59. The number of hydrogen-bond donors (Lipinski definition) is 1. The molecule has 3 nitrogen and oxygen atoms in total. The number of hydrogen-bond acceptors (Lipinski definition) is 3. The van der Waals surface area contributed by atoms with Crippen molar-refractivity contribution in [1.82, 2.24) is 4.98 Å². The Morgan fingerprint density at radius 1 is 1.32 bits per heavy atom. The molecule has 1 N–H and O–H groups in total. The van der Waals surface area contributed by atoms with E-state index >= 15 is 0 Å². The Morgan fingerprint density at radius 2 is 2.08 bits per heavy atom. The van der Waals surface area contributed by atoms with E-state index in [-0.39, 0.29) is 15.6 Å². The molecule has 1 heterocycles. The molecule has 132 valence electrons. The number of carbonyl (C=O) groups is 1. The van der Waals surface area contributed by atoms with Crippen molar-refractivity contribution in [2.45, 2.75) is 56.2 Å². The molecule has 0 radical (unpaired) electrons. The minimum atomic E-state index is -0.181. The van der Waals surface area contributed by atoms with Gasteiger partial charge in [-0.05, 0) is 74.5 Å². The summed E-state index contributed by atoms with van der Waals surface area (Å²) >= 11 is 5.60. The number of rotatable bonds is 3. The van der Waals surface area contributed by atoms with Gasteiger partial charge in [-0.25, -0.2) is 4.98 Å². The van der Waals surface area contributed by atoms with Crippen LogP contribution in [0.5, 0.6) is 0 Å². The molecule has 4 aliphatic carbocycles. The third-order valence-corrected chi connectivity index (χ3v) is 8.41. The summed E-state index contributed by atoms with van der Waals surface area (Å²) in [5.74, 6) is 1.64. The van der Waals surface area contributed by atoms with Crippen LogP contribution < -0.4 is 5.32 Å². The first-order chi connectivity index (χ1) is 12.0. The van der Waals surface area contributed by atoms with Crippen molar-refractivity contribution in [3.63, 3.8) is 0 Å². The lowest BCUT2D eigenvalue weighted by molar-refractivity contribution is -0.138. The van der Waals surface area contributed by atoms with Gasteiger partial charge in [0.05, 0.1) is 15.6 Å². The van der Waals surface area contributed by atoms with Crippen molar-refractivity contribution in [1.29, 1.82) is 0 Å². The Labute approximate surface area is 160 Å². The predicted molar refractivity (Wildman–Crippen MR) is 106 cm³/mol. The average Bonchev–Trinajstić information content (AvgIpc) is 2.93. The van der Waals surface area contributed by atoms with Crippen molar-refractivity contribution in [3.8, 4) is 0 Å². The monoisotopic (exact) mass is 418 g/mol. The molecule has 1 aromatic heterocycles. The number of amides is 1. The molecular weight excluding hydrogens is 396 g/mol. The maximum Gasteiger partial charge on any atom is 0.232 e. The van der Waals surface area contributed by atoms with E-state index in [1.54, 1.807) is 11.3 Å². The van der Waals surface area contributed by atoms with Crippen LogP contribution in [0.2, 0.25) is 0 Å². The van der Waals surface area contributed by atoms with Crippen LogP contribution in [0.1, 0.15) is 51.0 Å². The quantitative estimate of drug-likeness (QED) is 0.665. The summed E-state index contributed by atoms with van der Waals surface area (Å²) in [5, 5.41) is 3.95. The zero-order chi connectivity index (χ0) is 17.2. The van der Waals surface area contributed by atoms with Crippen LogP contribution in [-0.4, -0.2) is 15.2 Å². The number of anilines is 1. The van der Waals surface area contributed by atoms with Gasteiger partial charge in [-0.3, -0.25) is 4.79 Å². The van der Waals surface area contributed by atoms with Crippen LogP contribution in [0.15, 0.2) is 18.2 Å². The van der Waals surface area contributed by atoms with Gasteiger partial charge >= 0.3 is 0 Å². The van der Waals surface area contributed by atoms with Gasteiger partial charge in [0.25, 0.3) is 0 Å². The lowest BCUT2D eigenvalue weighted by atomic mass is 9.49. The van der Waals surface area contributed by atoms with Crippen molar-refractivity contribution < 1.29 is 4.79 Å². The Bertz CT molecular complexity index is 846. The molecule has 4 saturated carbocycles. The Morgan fingerprint density at radius 3 is 2.76 bits per heavy atom. The lowest BCUT2D eigenvalue weighted by Crippen LogP contribution is -2.57. The van der Waals surface area contributed by atoms with Gasteiger partial charge in [-0.1, -0.05) is 40.3 Å². The van der Waals surface area contributed by atoms with Crippen molar-refractivity contribution in [3.05, 3.63) is 23.8 Å². The van der Waals surface area contributed by atoms with Gasteiger partial charge in [0, 0.05) is 4.32 Å². The molecule has 0 spiro atoms. The molecule has 0 saturated heterocycles. The average molecular weight is 419 g/mol. The molecule has 5 heteroatoms. The number of nitrogens with one attached hydrogen (secondary N) is 1. The molecular formula is C20H23BrN2OS. The standard InChI is InChI=1S/C20H23BrN2OS/c1-2-12-3-4-15-16(6-12)25-18(22-15)23-17(24)19-7-13-5-14(8-19)10-20(21,9-13)11-19/h3-4,6,13-14H,2,5,7-11H2,1H3,(H,22,23,24)/t13-,14-,19?,20?/m0/s1.